The van der Waals surface area contributed by atoms with Crippen LogP contribution in [0.15, 0.2) is 53.3 Å². The Bertz CT molecular complexity index is 1270. The van der Waals surface area contributed by atoms with Crippen molar-refractivity contribution in [1.29, 1.82) is 0 Å². The molecule has 0 amide bonds. The Balaban J connectivity index is 1.35. The minimum Gasteiger partial charge on any atom is -0.454 e. The second-order valence-corrected chi connectivity index (χ2v) is 7.81. The van der Waals surface area contributed by atoms with Gasteiger partial charge in [0.2, 0.25) is 6.79 Å². The van der Waals surface area contributed by atoms with Crippen molar-refractivity contribution in [1.82, 2.24) is 25.0 Å². The molecule has 5 rings (SSSR count). The first-order chi connectivity index (χ1) is 15.2. The molecule has 1 aliphatic heterocycles. The molecule has 0 saturated carbocycles. The molecule has 4 aromatic rings. The van der Waals surface area contributed by atoms with Crippen LogP contribution in [0.1, 0.15) is 42.8 Å². The van der Waals surface area contributed by atoms with Gasteiger partial charge in [0.15, 0.2) is 22.7 Å². The van der Waals surface area contributed by atoms with Gasteiger partial charge in [-0.25, -0.2) is 9.67 Å². The zero-order valence-electron chi connectivity index (χ0n) is 17.2. The lowest BCUT2D eigenvalue weighted by atomic mass is 10.1. The summed E-state index contributed by atoms with van der Waals surface area (Å²) in [6, 6.07) is 16.2. The maximum atomic E-state index is 12.6. The van der Waals surface area contributed by atoms with Crippen molar-refractivity contribution in [3.63, 3.8) is 0 Å². The summed E-state index contributed by atoms with van der Waals surface area (Å²) in [5.41, 5.74) is 2.81. The number of aromatic nitrogens is 5. The minimum absolute atomic E-state index is 0.0846. The molecule has 0 fully saturated rings. The first-order valence-corrected chi connectivity index (χ1v) is 10.4. The highest BCUT2D eigenvalue weighted by molar-refractivity contribution is 5.68. The van der Waals surface area contributed by atoms with Crippen molar-refractivity contribution in [2.75, 3.05) is 6.79 Å². The van der Waals surface area contributed by atoms with Gasteiger partial charge in [-0.2, -0.15) is 0 Å². The Hall–Kier alpha value is -3.68. The summed E-state index contributed by atoms with van der Waals surface area (Å²) in [4.78, 5) is 20.1. The molecule has 3 heterocycles. The summed E-state index contributed by atoms with van der Waals surface area (Å²) in [6.07, 6.45) is 3.40. The number of fused-ring (bicyclic) bond motifs is 2. The average molecular weight is 417 g/mol. The van der Waals surface area contributed by atoms with E-state index < -0.39 is 0 Å². The molecule has 1 atom stereocenters. The van der Waals surface area contributed by atoms with E-state index in [0.29, 0.717) is 23.6 Å². The van der Waals surface area contributed by atoms with Gasteiger partial charge in [-0.05, 0) is 49.4 Å². The fourth-order valence-electron chi connectivity index (χ4n) is 3.88. The lowest BCUT2D eigenvalue weighted by molar-refractivity contribution is 0.174. The van der Waals surface area contributed by atoms with Crippen LogP contribution in [0, 0.1) is 0 Å². The number of hydrogen-bond donors (Lipinski definition) is 1. The molecule has 2 aromatic heterocycles. The van der Waals surface area contributed by atoms with Gasteiger partial charge < -0.3 is 14.5 Å². The molecule has 1 unspecified atom stereocenters. The topological polar surface area (TPSA) is 94.9 Å². The van der Waals surface area contributed by atoms with Crippen LogP contribution in [0.2, 0.25) is 0 Å². The Labute approximate surface area is 178 Å². The van der Waals surface area contributed by atoms with Crippen molar-refractivity contribution < 1.29 is 9.47 Å². The highest BCUT2D eigenvalue weighted by atomic mass is 16.7. The first-order valence-electron chi connectivity index (χ1n) is 10.4. The van der Waals surface area contributed by atoms with Crippen LogP contribution < -0.4 is 15.0 Å². The van der Waals surface area contributed by atoms with E-state index in [1.807, 2.05) is 24.3 Å². The molecule has 158 valence electrons. The molecular weight excluding hydrogens is 394 g/mol. The molecule has 8 heteroatoms. The van der Waals surface area contributed by atoms with Gasteiger partial charge in [0.05, 0.1) is 6.04 Å². The Morgan fingerprint density at radius 3 is 2.81 bits per heavy atom. The molecular formula is C23H23N5O3. The second kappa shape index (κ2) is 8.22. The van der Waals surface area contributed by atoms with Gasteiger partial charge in [0.25, 0.3) is 5.56 Å². The normalized spacial score (nSPS) is 13.6. The third kappa shape index (κ3) is 4.01. The van der Waals surface area contributed by atoms with Crippen LogP contribution in [0.3, 0.4) is 0 Å². The lowest BCUT2D eigenvalue weighted by Crippen LogP contribution is -2.15. The third-order valence-corrected chi connectivity index (χ3v) is 5.54. The molecule has 0 saturated heterocycles. The summed E-state index contributed by atoms with van der Waals surface area (Å²) in [5.74, 6) is 2.00. The van der Waals surface area contributed by atoms with Gasteiger partial charge in [-0.15, -0.1) is 5.10 Å². The molecule has 0 radical (unpaired) electrons. The van der Waals surface area contributed by atoms with Crippen molar-refractivity contribution in [2.45, 2.75) is 38.6 Å². The summed E-state index contributed by atoms with van der Waals surface area (Å²) in [7, 11) is 0. The molecule has 1 N–H and O–H groups in total. The number of aryl methyl sites for hydroxylation is 1. The summed E-state index contributed by atoms with van der Waals surface area (Å²) in [5, 5.41) is 8.30. The van der Waals surface area contributed by atoms with Crippen molar-refractivity contribution in [3.8, 4) is 11.5 Å². The largest absolute Gasteiger partial charge is 0.454 e. The van der Waals surface area contributed by atoms with Gasteiger partial charge >= 0.3 is 0 Å². The predicted molar refractivity (Wildman–Crippen MR) is 115 cm³/mol. The van der Waals surface area contributed by atoms with Crippen LogP contribution in [0.5, 0.6) is 11.5 Å². The van der Waals surface area contributed by atoms with E-state index in [1.165, 1.54) is 5.56 Å². The van der Waals surface area contributed by atoms with Gasteiger partial charge in [-0.3, -0.25) is 4.79 Å². The van der Waals surface area contributed by atoms with E-state index >= 15 is 0 Å². The van der Waals surface area contributed by atoms with E-state index in [9.17, 15) is 4.79 Å². The highest BCUT2D eigenvalue weighted by Crippen LogP contribution is 2.32. The number of H-pyrrole nitrogens is 1. The van der Waals surface area contributed by atoms with Crippen molar-refractivity contribution >= 4 is 11.2 Å². The fourth-order valence-corrected chi connectivity index (χ4v) is 3.88. The summed E-state index contributed by atoms with van der Waals surface area (Å²) in [6.45, 7) is 2.31. The zero-order chi connectivity index (χ0) is 21.2. The second-order valence-electron chi connectivity index (χ2n) is 7.81. The van der Waals surface area contributed by atoms with Gasteiger partial charge in [0.1, 0.15) is 5.82 Å². The van der Waals surface area contributed by atoms with E-state index in [2.05, 4.69) is 51.5 Å². The maximum absolute atomic E-state index is 12.6. The van der Waals surface area contributed by atoms with Gasteiger partial charge in [0, 0.05) is 6.42 Å². The van der Waals surface area contributed by atoms with E-state index in [-0.39, 0.29) is 23.9 Å². The molecule has 0 spiro atoms. The number of hydrogen-bond acceptors (Lipinski definition) is 6. The van der Waals surface area contributed by atoms with Crippen LogP contribution in [-0.4, -0.2) is 31.8 Å². The van der Waals surface area contributed by atoms with Crippen LogP contribution in [-0.2, 0) is 12.8 Å². The number of nitrogens with one attached hydrogen (secondary N) is 1. The fraction of sp³-hybridized carbons (Fsp3) is 0.304. The molecule has 0 aliphatic carbocycles. The molecule has 1 aliphatic rings. The molecule has 0 bridgehead atoms. The lowest BCUT2D eigenvalue weighted by Gasteiger charge is -2.12. The number of rotatable bonds is 7. The number of ether oxygens (including phenoxy) is 2. The zero-order valence-corrected chi connectivity index (χ0v) is 17.2. The minimum atomic E-state index is -0.275. The van der Waals surface area contributed by atoms with Crippen LogP contribution >= 0.6 is 0 Å². The number of benzene rings is 2. The highest BCUT2D eigenvalue weighted by Gasteiger charge is 2.18. The van der Waals surface area contributed by atoms with Crippen LogP contribution in [0.25, 0.3) is 11.2 Å². The summed E-state index contributed by atoms with van der Waals surface area (Å²) < 4.78 is 12.6. The van der Waals surface area contributed by atoms with E-state index in [4.69, 9.17) is 9.47 Å². The van der Waals surface area contributed by atoms with Crippen molar-refractivity contribution in [3.05, 3.63) is 75.8 Å². The number of nitrogens with zero attached hydrogens (tertiary/aromatic N) is 4. The van der Waals surface area contributed by atoms with E-state index in [0.717, 1.165) is 30.6 Å². The molecule has 8 nitrogen and oxygen atoms in total. The SMILES string of the molecule is CC(CCCc1ccccc1)n1nnc2c(=O)[nH]c(Cc3ccc4c(c3)OCO4)nc21. The number of aromatic amines is 1. The van der Waals surface area contributed by atoms with Gasteiger partial charge in [-0.1, -0.05) is 41.6 Å². The van der Waals surface area contributed by atoms with Crippen molar-refractivity contribution in [2.24, 2.45) is 0 Å². The summed E-state index contributed by atoms with van der Waals surface area (Å²) >= 11 is 0. The average Bonchev–Trinajstić information content (AvgIpc) is 3.41. The Morgan fingerprint density at radius 2 is 1.94 bits per heavy atom. The Morgan fingerprint density at radius 1 is 1.10 bits per heavy atom. The Kier molecular flexibility index (Phi) is 5.11. The monoisotopic (exact) mass is 417 g/mol. The predicted octanol–water partition coefficient (Wildman–Crippen LogP) is 3.42. The smallest absolute Gasteiger partial charge is 0.281 e. The van der Waals surface area contributed by atoms with E-state index in [1.54, 1.807) is 4.68 Å². The first kappa shape index (κ1) is 19.3. The molecule has 2 aromatic carbocycles. The molecule has 31 heavy (non-hydrogen) atoms. The van der Waals surface area contributed by atoms with Crippen LogP contribution in [0.4, 0.5) is 0 Å². The quantitative estimate of drug-likeness (QED) is 0.495. The standard InChI is InChI=1S/C23H23N5O3/c1-15(6-5-9-16-7-3-2-4-8-16)28-22-21(26-27-28)23(29)25-20(24-22)13-17-10-11-18-19(12-17)31-14-30-18/h2-4,7-8,10-12,15H,5-6,9,13-14H2,1H3,(H,24,25,29). The maximum Gasteiger partial charge on any atom is 0.281 e. The third-order valence-electron chi connectivity index (χ3n) is 5.54.